The third-order valence-electron chi connectivity index (χ3n) is 2.86. The highest BCUT2D eigenvalue weighted by Gasteiger charge is 2.31. The Balaban J connectivity index is 2.17. The third-order valence-corrected chi connectivity index (χ3v) is 2.86. The van der Waals surface area contributed by atoms with Crippen LogP contribution in [0.2, 0.25) is 0 Å². The molecule has 6 nitrogen and oxygen atoms in total. The second-order valence-electron chi connectivity index (χ2n) is 4.63. The summed E-state index contributed by atoms with van der Waals surface area (Å²) in [6.07, 6.45) is -4.44. The normalized spacial score (nSPS) is 11.5. The van der Waals surface area contributed by atoms with Crippen LogP contribution < -0.4 is 10.1 Å². The van der Waals surface area contributed by atoms with E-state index >= 15 is 0 Å². The molecule has 1 N–H and O–H groups in total. The molecule has 0 spiro atoms. The highest BCUT2D eigenvalue weighted by atomic mass is 19.4. The number of anilines is 1. The monoisotopic (exact) mass is 331 g/mol. The largest absolute Gasteiger partial charge is 0.489 e. The van der Waals surface area contributed by atoms with Gasteiger partial charge in [-0.3, -0.25) is 0 Å². The number of aromatic nitrogens is 2. The Morgan fingerprint density at radius 2 is 2.04 bits per heavy atom. The van der Waals surface area contributed by atoms with Crippen molar-refractivity contribution in [3.05, 3.63) is 35.5 Å². The predicted octanol–water partition coefficient (Wildman–Crippen LogP) is 3.03. The van der Waals surface area contributed by atoms with Crippen molar-refractivity contribution < 1.29 is 27.2 Å². The van der Waals surface area contributed by atoms with Crippen LogP contribution in [0.15, 0.2) is 22.7 Å². The van der Waals surface area contributed by atoms with Gasteiger partial charge in [-0.1, -0.05) is 5.16 Å². The number of nitrogens with one attached hydrogen (secondary N) is 1. The lowest BCUT2D eigenvalue weighted by atomic mass is 10.1. The van der Waals surface area contributed by atoms with Crippen LogP contribution in [-0.2, 0) is 17.5 Å². The number of methoxy groups -OCH3 is 1. The van der Waals surface area contributed by atoms with Crippen molar-refractivity contribution in [1.82, 2.24) is 10.1 Å². The second kappa shape index (κ2) is 7.32. The van der Waals surface area contributed by atoms with Crippen molar-refractivity contribution >= 4 is 5.69 Å². The zero-order chi connectivity index (χ0) is 16.9. The molecule has 1 heterocycles. The van der Waals surface area contributed by atoms with Crippen molar-refractivity contribution in [3.63, 3.8) is 0 Å². The molecule has 0 aliphatic heterocycles. The minimum absolute atomic E-state index is 0.110. The molecule has 9 heteroatoms. The predicted molar refractivity (Wildman–Crippen MR) is 75.2 cm³/mol. The van der Waals surface area contributed by atoms with Gasteiger partial charge >= 0.3 is 6.18 Å². The number of benzene rings is 1. The first kappa shape index (κ1) is 17.1. The lowest BCUT2D eigenvalue weighted by Crippen LogP contribution is -2.10. The summed E-state index contributed by atoms with van der Waals surface area (Å²) in [6, 6.07) is 3.21. The van der Waals surface area contributed by atoms with Crippen molar-refractivity contribution in [2.24, 2.45) is 0 Å². The third kappa shape index (κ3) is 4.85. The Bertz CT molecular complexity index is 644. The Labute approximate surface area is 130 Å². The summed E-state index contributed by atoms with van der Waals surface area (Å²) < 4.78 is 53.6. The number of ether oxygens (including phenoxy) is 2. The van der Waals surface area contributed by atoms with Crippen LogP contribution in [0, 0.1) is 6.92 Å². The molecular formula is C14H16F3N3O3. The van der Waals surface area contributed by atoms with Gasteiger partial charge in [0.25, 0.3) is 0 Å². The van der Waals surface area contributed by atoms with Crippen LogP contribution >= 0.6 is 0 Å². The summed E-state index contributed by atoms with van der Waals surface area (Å²) in [5.74, 6) is 1.00. The summed E-state index contributed by atoms with van der Waals surface area (Å²) in [5, 5.41) is 6.51. The average Bonchev–Trinajstić information content (AvgIpc) is 2.91. The van der Waals surface area contributed by atoms with E-state index < -0.39 is 11.7 Å². The van der Waals surface area contributed by atoms with Crippen LogP contribution in [-0.4, -0.2) is 30.5 Å². The SMILES string of the molecule is COCCOc1ccc(C(F)(F)F)cc1NCc1noc(C)n1. The molecule has 0 bridgehead atoms. The van der Waals surface area contributed by atoms with Gasteiger partial charge in [-0.05, 0) is 18.2 Å². The van der Waals surface area contributed by atoms with Crippen LogP contribution in [0.4, 0.5) is 18.9 Å². The Morgan fingerprint density at radius 1 is 1.26 bits per heavy atom. The van der Waals surface area contributed by atoms with E-state index in [0.29, 0.717) is 18.3 Å². The molecule has 1 aromatic carbocycles. The number of rotatable bonds is 7. The van der Waals surface area contributed by atoms with Gasteiger partial charge in [-0.2, -0.15) is 18.2 Å². The van der Waals surface area contributed by atoms with E-state index in [2.05, 4.69) is 15.5 Å². The maximum absolute atomic E-state index is 12.8. The fraction of sp³-hybridized carbons (Fsp3) is 0.429. The second-order valence-corrected chi connectivity index (χ2v) is 4.63. The number of nitrogens with zero attached hydrogens (tertiary/aromatic N) is 2. The minimum atomic E-state index is -4.44. The van der Waals surface area contributed by atoms with Gasteiger partial charge < -0.3 is 19.3 Å². The van der Waals surface area contributed by atoms with Gasteiger partial charge in [0, 0.05) is 14.0 Å². The molecule has 0 unspecified atom stereocenters. The summed E-state index contributed by atoms with van der Waals surface area (Å²) in [4.78, 5) is 3.98. The first-order valence-corrected chi connectivity index (χ1v) is 6.76. The number of alkyl halides is 3. The van der Waals surface area contributed by atoms with E-state index in [0.717, 1.165) is 12.1 Å². The summed E-state index contributed by atoms with van der Waals surface area (Å²) in [7, 11) is 1.51. The van der Waals surface area contributed by atoms with E-state index in [1.807, 2.05) is 0 Å². The Hall–Kier alpha value is -2.29. The fourth-order valence-corrected chi connectivity index (χ4v) is 1.79. The quantitative estimate of drug-likeness (QED) is 0.787. The fourth-order valence-electron chi connectivity index (χ4n) is 1.79. The molecule has 0 aliphatic carbocycles. The maximum atomic E-state index is 12.8. The van der Waals surface area contributed by atoms with E-state index in [9.17, 15) is 13.2 Å². The first-order chi connectivity index (χ1) is 10.9. The van der Waals surface area contributed by atoms with E-state index in [-0.39, 0.29) is 24.6 Å². The van der Waals surface area contributed by atoms with Crippen molar-refractivity contribution in [2.45, 2.75) is 19.6 Å². The molecule has 0 saturated heterocycles. The minimum Gasteiger partial charge on any atom is -0.489 e. The molecule has 0 atom stereocenters. The number of hydrogen-bond acceptors (Lipinski definition) is 6. The molecule has 0 aliphatic rings. The lowest BCUT2D eigenvalue weighted by Gasteiger charge is -2.15. The van der Waals surface area contributed by atoms with Crippen molar-refractivity contribution in [3.8, 4) is 5.75 Å². The molecule has 1 aromatic heterocycles. The molecule has 2 rings (SSSR count). The average molecular weight is 331 g/mol. The smallest absolute Gasteiger partial charge is 0.416 e. The highest BCUT2D eigenvalue weighted by Crippen LogP contribution is 2.35. The van der Waals surface area contributed by atoms with Gasteiger partial charge in [0.1, 0.15) is 12.4 Å². The topological polar surface area (TPSA) is 69.4 Å². The van der Waals surface area contributed by atoms with Gasteiger partial charge in [-0.25, -0.2) is 0 Å². The van der Waals surface area contributed by atoms with Crippen molar-refractivity contribution in [1.29, 1.82) is 0 Å². The molecule has 0 saturated carbocycles. The van der Waals surface area contributed by atoms with Gasteiger partial charge in [-0.15, -0.1) is 0 Å². The zero-order valence-electron chi connectivity index (χ0n) is 12.6. The Morgan fingerprint density at radius 3 is 2.65 bits per heavy atom. The van der Waals surface area contributed by atoms with Crippen LogP contribution in [0.5, 0.6) is 5.75 Å². The molecule has 2 aromatic rings. The van der Waals surface area contributed by atoms with Gasteiger partial charge in [0.05, 0.1) is 24.4 Å². The summed E-state index contributed by atoms with van der Waals surface area (Å²) >= 11 is 0. The first-order valence-electron chi connectivity index (χ1n) is 6.76. The number of aryl methyl sites for hydroxylation is 1. The number of hydrogen-bond donors (Lipinski definition) is 1. The maximum Gasteiger partial charge on any atom is 0.416 e. The summed E-state index contributed by atoms with van der Waals surface area (Å²) in [6.45, 7) is 2.28. The molecule has 126 valence electrons. The summed E-state index contributed by atoms with van der Waals surface area (Å²) in [5.41, 5.74) is -0.582. The zero-order valence-corrected chi connectivity index (χ0v) is 12.6. The van der Waals surface area contributed by atoms with Crippen LogP contribution in [0.3, 0.4) is 0 Å². The number of halogens is 3. The van der Waals surface area contributed by atoms with Crippen LogP contribution in [0.25, 0.3) is 0 Å². The molecular weight excluding hydrogens is 315 g/mol. The molecule has 0 radical (unpaired) electrons. The van der Waals surface area contributed by atoms with E-state index in [1.165, 1.54) is 13.2 Å². The van der Waals surface area contributed by atoms with Crippen LogP contribution in [0.1, 0.15) is 17.3 Å². The van der Waals surface area contributed by atoms with Gasteiger partial charge in [0.2, 0.25) is 5.89 Å². The van der Waals surface area contributed by atoms with E-state index in [1.54, 1.807) is 6.92 Å². The molecule has 0 fully saturated rings. The lowest BCUT2D eigenvalue weighted by molar-refractivity contribution is -0.137. The highest BCUT2D eigenvalue weighted by molar-refractivity contribution is 5.58. The Kier molecular flexibility index (Phi) is 5.43. The molecule has 23 heavy (non-hydrogen) atoms. The standard InChI is InChI=1S/C14H16F3N3O3/c1-9-19-13(20-23-9)8-18-11-7-10(14(15,16)17)3-4-12(11)22-6-5-21-2/h3-4,7,18H,5-6,8H2,1-2H3. The van der Waals surface area contributed by atoms with E-state index in [4.69, 9.17) is 14.0 Å². The van der Waals surface area contributed by atoms with Gasteiger partial charge in [0.15, 0.2) is 5.82 Å². The molecule has 0 amide bonds. The van der Waals surface area contributed by atoms with Crippen molar-refractivity contribution in [2.75, 3.05) is 25.6 Å².